The molecule has 0 bridgehead atoms. The summed E-state index contributed by atoms with van der Waals surface area (Å²) >= 11 is 1.33. The third kappa shape index (κ3) is 2.99. The van der Waals surface area contributed by atoms with Crippen LogP contribution in [0.1, 0.15) is 52.4 Å². The first-order valence-corrected chi connectivity index (χ1v) is 11.9. The Morgan fingerprint density at radius 3 is 2.79 bits per heavy atom. The number of carbonyl (C=O) groups is 2. The molecule has 3 saturated carbocycles. The minimum absolute atomic E-state index is 0.0585. The van der Waals surface area contributed by atoms with Gasteiger partial charge in [0.25, 0.3) is 0 Å². The second-order valence-corrected chi connectivity index (χ2v) is 11.0. The summed E-state index contributed by atoms with van der Waals surface area (Å²) < 4.78 is 0. The lowest BCUT2D eigenvalue weighted by atomic mass is 9.48. The summed E-state index contributed by atoms with van der Waals surface area (Å²) in [6.07, 6.45) is 12.4. The van der Waals surface area contributed by atoms with E-state index in [1.807, 2.05) is 18.2 Å². The molecule has 0 aromatic carbocycles. The largest absolute Gasteiger partial charge is 0.349 e. The van der Waals surface area contributed by atoms with Gasteiger partial charge in [0.05, 0.1) is 0 Å². The summed E-state index contributed by atoms with van der Waals surface area (Å²) in [7, 11) is 0. The molecule has 1 N–H and O–H groups in total. The van der Waals surface area contributed by atoms with E-state index in [0.717, 1.165) is 37.1 Å². The summed E-state index contributed by atoms with van der Waals surface area (Å²) in [6.45, 7) is 4.73. The molecule has 0 saturated heterocycles. The Labute approximate surface area is 177 Å². The molecule has 7 atom stereocenters. The maximum atomic E-state index is 13.2. The van der Waals surface area contributed by atoms with Gasteiger partial charge in [-0.25, -0.2) is 4.98 Å². The molecule has 0 spiro atoms. The van der Waals surface area contributed by atoms with E-state index in [9.17, 15) is 9.59 Å². The van der Waals surface area contributed by atoms with Crippen LogP contribution in [0, 0.1) is 34.5 Å². The van der Waals surface area contributed by atoms with E-state index in [-0.39, 0.29) is 28.7 Å². The zero-order valence-corrected chi connectivity index (χ0v) is 18.1. The predicted molar refractivity (Wildman–Crippen MR) is 114 cm³/mol. The van der Waals surface area contributed by atoms with E-state index >= 15 is 0 Å². The molecule has 1 aromatic heterocycles. The summed E-state index contributed by atoms with van der Waals surface area (Å²) in [5.41, 5.74) is 0.161. The molecular weight excluding hydrogens is 380 g/mol. The quantitative estimate of drug-likeness (QED) is 0.723. The minimum Gasteiger partial charge on any atom is -0.349 e. The maximum absolute atomic E-state index is 13.2. The monoisotopic (exact) mass is 410 g/mol. The highest BCUT2D eigenvalue weighted by Gasteiger charge is 2.60. The highest BCUT2D eigenvalue weighted by molar-refractivity contribution is 8.13. The molecule has 29 heavy (non-hydrogen) atoms. The third-order valence-electron chi connectivity index (χ3n) is 8.81. The van der Waals surface area contributed by atoms with E-state index in [1.165, 1.54) is 18.2 Å². The number of carbonyl (C=O) groups excluding carboxylic acids is 2. The first kappa shape index (κ1) is 19.3. The van der Waals surface area contributed by atoms with Gasteiger partial charge in [0, 0.05) is 23.6 Å². The van der Waals surface area contributed by atoms with E-state index in [0.29, 0.717) is 22.9 Å². The van der Waals surface area contributed by atoms with Crippen molar-refractivity contribution >= 4 is 22.8 Å². The van der Waals surface area contributed by atoms with Crippen LogP contribution >= 0.6 is 11.8 Å². The van der Waals surface area contributed by atoms with Gasteiger partial charge in [-0.2, -0.15) is 0 Å². The number of fused-ring (bicyclic) bond motifs is 5. The number of hydrogen-bond acceptors (Lipinski definition) is 4. The zero-order valence-electron chi connectivity index (χ0n) is 17.3. The van der Waals surface area contributed by atoms with Crippen molar-refractivity contribution in [2.45, 2.75) is 63.4 Å². The Bertz CT molecular complexity index is 856. The number of nitrogens with zero attached hydrogens (tertiary/aromatic N) is 1. The topological polar surface area (TPSA) is 59.1 Å². The number of aromatic nitrogens is 1. The molecule has 4 nitrogen and oxygen atoms in total. The standard InChI is InChI=1S/C24H30N2O2S/c1-23-12-10-17-15(6-9-19-24(17,2)13-11-20(27)26-19)16(23)7-8-18(23)22(28)29-21-5-3-4-14-25-21/h3-5,11,13-19H,6-10,12H2,1-2H3,(H,26,27)/t15-,16-,17?,18+,19+,23-,24+/m0/s1. The lowest BCUT2D eigenvalue weighted by Gasteiger charge is -2.58. The molecule has 1 aliphatic heterocycles. The van der Waals surface area contributed by atoms with Crippen molar-refractivity contribution in [3.63, 3.8) is 0 Å². The summed E-state index contributed by atoms with van der Waals surface area (Å²) in [5, 5.41) is 4.34. The highest BCUT2D eigenvalue weighted by Crippen LogP contribution is 2.65. The smallest absolute Gasteiger partial charge is 0.243 e. The first-order chi connectivity index (χ1) is 13.9. The molecule has 154 valence electrons. The fourth-order valence-electron chi connectivity index (χ4n) is 7.30. The second-order valence-electron chi connectivity index (χ2n) is 9.98. The van der Waals surface area contributed by atoms with Gasteiger partial charge in [-0.05, 0) is 91.7 Å². The number of nitrogens with one attached hydrogen (secondary N) is 1. The van der Waals surface area contributed by atoms with E-state index in [1.54, 1.807) is 12.3 Å². The summed E-state index contributed by atoms with van der Waals surface area (Å²) in [6, 6.07) is 6.04. The Morgan fingerprint density at radius 1 is 1.14 bits per heavy atom. The van der Waals surface area contributed by atoms with Crippen molar-refractivity contribution in [2.24, 2.45) is 34.5 Å². The number of thioether (sulfide) groups is 1. The number of hydrogen-bond donors (Lipinski definition) is 1. The highest BCUT2D eigenvalue weighted by atomic mass is 32.2. The summed E-state index contributed by atoms with van der Waals surface area (Å²) in [5.74, 6) is 2.07. The van der Waals surface area contributed by atoms with E-state index in [2.05, 4.69) is 30.2 Å². The van der Waals surface area contributed by atoms with Crippen molar-refractivity contribution < 1.29 is 9.59 Å². The van der Waals surface area contributed by atoms with Gasteiger partial charge in [-0.15, -0.1) is 0 Å². The van der Waals surface area contributed by atoms with Crippen molar-refractivity contribution in [1.29, 1.82) is 0 Å². The van der Waals surface area contributed by atoms with Crippen molar-refractivity contribution in [1.82, 2.24) is 10.3 Å². The average molecular weight is 411 g/mol. The van der Waals surface area contributed by atoms with Crippen LogP contribution < -0.4 is 5.32 Å². The average Bonchev–Trinajstić information content (AvgIpc) is 3.06. The van der Waals surface area contributed by atoms with Gasteiger partial charge in [-0.3, -0.25) is 9.59 Å². The lowest BCUT2D eigenvalue weighted by Crippen LogP contribution is -2.59. The van der Waals surface area contributed by atoms with E-state index in [4.69, 9.17) is 0 Å². The number of pyridine rings is 1. The predicted octanol–water partition coefficient (Wildman–Crippen LogP) is 4.61. The van der Waals surface area contributed by atoms with Gasteiger partial charge in [0.15, 0.2) is 5.12 Å². The molecule has 1 aromatic rings. The fraction of sp³-hybridized carbons (Fsp3) is 0.625. The van der Waals surface area contributed by atoms with Crippen LogP contribution in [0.2, 0.25) is 0 Å². The number of rotatable bonds is 2. The molecule has 3 aliphatic carbocycles. The van der Waals surface area contributed by atoms with Gasteiger partial charge in [0.2, 0.25) is 5.91 Å². The summed E-state index contributed by atoms with van der Waals surface area (Å²) in [4.78, 5) is 29.4. The van der Waals surface area contributed by atoms with Crippen LogP contribution in [-0.2, 0) is 9.59 Å². The molecule has 5 rings (SSSR count). The maximum Gasteiger partial charge on any atom is 0.243 e. The SMILES string of the molecule is C[C@]12CCC3[C@@H](CC[C@H]4NC(=O)C=C[C@]34C)[C@@H]1CC[C@@H]2C(=O)Sc1ccccn1. The molecule has 1 amide bonds. The number of amides is 1. The molecule has 0 radical (unpaired) electrons. The second kappa shape index (κ2) is 6.97. The zero-order chi connectivity index (χ0) is 20.2. The van der Waals surface area contributed by atoms with Crippen LogP contribution in [-0.4, -0.2) is 22.0 Å². The van der Waals surface area contributed by atoms with Crippen molar-refractivity contribution in [2.75, 3.05) is 0 Å². The van der Waals surface area contributed by atoms with Crippen LogP contribution in [0.5, 0.6) is 0 Å². The van der Waals surface area contributed by atoms with Crippen LogP contribution in [0.3, 0.4) is 0 Å². The molecule has 2 heterocycles. The molecule has 4 aliphatic rings. The Balaban J connectivity index is 1.38. The normalized spacial score (nSPS) is 43.1. The van der Waals surface area contributed by atoms with Gasteiger partial charge in [0.1, 0.15) is 5.03 Å². The van der Waals surface area contributed by atoms with Crippen LogP contribution in [0.25, 0.3) is 0 Å². The first-order valence-electron chi connectivity index (χ1n) is 11.0. The van der Waals surface area contributed by atoms with Crippen molar-refractivity contribution in [3.05, 3.63) is 36.5 Å². The van der Waals surface area contributed by atoms with E-state index < -0.39 is 0 Å². The van der Waals surface area contributed by atoms with Crippen LogP contribution in [0.4, 0.5) is 0 Å². The Morgan fingerprint density at radius 2 is 2.00 bits per heavy atom. The van der Waals surface area contributed by atoms with Gasteiger partial charge in [-0.1, -0.05) is 26.0 Å². The van der Waals surface area contributed by atoms with Crippen molar-refractivity contribution in [3.8, 4) is 0 Å². The minimum atomic E-state index is 0.0585. The molecular formula is C24H30N2O2S. The van der Waals surface area contributed by atoms with Crippen LogP contribution in [0.15, 0.2) is 41.6 Å². The molecule has 5 heteroatoms. The fourth-order valence-corrected chi connectivity index (χ4v) is 8.30. The lowest BCUT2D eigenvalue weighted by molar-refractivity contribution is -0.126. The third-order valence-corrected chi connectivity index (χ3v) is 9.75. The van der Waals surface area contributed by atoms with Gasteiger partial charge < -0.3 is 5.32 Å². The molecule has 3 fully saturated rings. The Kier molecular flexibility index (Phi) is 4.65. The van der Waals surface area contributed by atoms with Gasteiger partial charge >= 0.3 is 0 Å². The molecule has 1 unspecified atom stereocenters. The Hall–Kier alpha value is -1.62.